The van der Waals surface area contributed by atoms with Gasteiger partial charge < -0.3 is 15.3 Å². The van der Waals surface area contributed by atoms with Crippen LogP contribution in [0.3, 0.4) is 0 Å². The van der Waals surface area contributed by atoms with Crippen molar-refractivity contribution in [1.29, 1.82) is 0 Å². The second-order valence-electron chi connectivity index (χ2n) is 6.14. The molecule has 1 aliphatic heterocycles. The zero-order valence-electron chi connectivity index (χ0n) is 13.2. The van der Waals surface area contributed by atoms with Crippen LogP contribution in [0.5, 0.6) is 0 Å². The SMILES string of the molecule is Cc1ccc(N2CCCC2)c(C(=O)NC(C)C(C)CO)c1. The third-order valence-electron chi connectivity index (χ3n) is 4.34. The Morgan fingerprint density at radius 3 is 2.62 bits per heavy atom. The first-order valence-corrected chi connectivity index (χ1v) is 7.80. The number of nitrogens with zero attached hydrogens (tertiary/aromatic N) is 1. The van der Waals surface area contributed by atoms with Gasteiger partial charge in [-0.3, -0.25) is 4.79 Å². The highest BCUT2D eigenvalue weighted by atomic mass is 16.3. The standard InChI is InChI=1S/C17H26N2O2/c1-12-6-7-16(19-8-4-5-9-19)15(10-12)17(21)18-14(3)13(2)11-20/h6-7,10,13-14,20H,4-5,8-9,11H2,1-3H3,(H,18,21). The Bertz CT molecular complexity index is 496. The van der Waals surface area contributed by atoms with Gasteiger partial charge in [-0.25, -0.2) is 0 Å². The van der Waals surface area contributed by atoms with Gasteiger partial charge in [0.1, 0.15) is 0 Å². The van der Waals surface area contributed by atoms with Crippen LogP contribution in [0.2, 0.25) is 0 Å². The monoisotopic (exact) mass is 290 g/mol. The highest BCUT2D eigenvalue weighted by Crippen LogP contribution is 2.26. The minimum absolute atomic E-state index is 0.0468. The number of carbonyl (C=O) groups is 1. The van der Waals surface area contributed by atoms with E-state index < -0.39 is 0 Å². The molecule has 2 atom stereocenters. The number of aryl methyl sites for hydroxylation is 1. The number of hydrogen-bond donors (Lipinski definition) is 2. The fourth-order valence-corrected chi connectivity index (χ4v) is 2.65. The molecule has 1 heterocycles. The van der Waals surface area contributed by atoms with Crippen LogP contribution < -0.4 is 10.2 Å². The first-order valence-electron chi connectivity index (χ1n) is 7.80. The zero-order valence-corrected chi connectivity index (χ0v) is 13.2. The highest BCUT2D eigenvalue weighted by Gasteiger charge is 2.21. The maximum Gasteiger partial charge on any atom is 0.253 e. The van der Waals surface area contributed by atoms with Crippen molar-refractivity contribution in [3.05, 3.63) is 29.3 Å². The molecule has 1 aromatic carbocycles. The lowest BCUT2D eigenvalue weighted by Gasteiger charge is -2.24. The van der Waals surface area contributed by atoms with E-state index in [1.807, 2.05) is 26.8 Å². The summed E-state index contributed by atoms with van der Waals surface area (Å²) < 4.78 is 0. The molecule has 1 fully saturated rings. The summed E-state index contributed by atoms with van der Waals surface area (Å²) in [6.45, 7) is 7.99. The molecule has 4 nitrogen and oxygen atoms in total. The molecular weight excluding hydrogens is 264 g/mol. The fraction of sp³-hybridized carbons (Fsp3) is 0.588. The Morgan fingerprint density at radius 1 is 1.33 bits per heavy atom. The summed E-state index contributed by atoms with van der Waals surface area (Å²) in [5, 5.41) is 12.2. The average Bonchev–Trinajstić information content (AvgIpc) is 3.00. The molecule has 0 bridgehead atoms. The third kappa shape index (κ3) is 3.76. The van der Waals surface area contributed by atoms with Crippen LogP contribution in [0.1, 0.15) is 42.6 Å². The third-order valence-corrected chi connectivity index (χ3v) is 4.34. The zero-order chi connectivity index (χ0) is 15.4. The lowest BCUT2D eigenvalue weighted by Crippen LogP contribution is -2.39. The van der Waals surface area contributed by atoms with Gasteiger partial charge in [0.05, 0.1) is 5.56 Å². The number of carbonyl (C=O) groups excluding carboxylic acids is 1. The number of rotatable bonds is 5. The molecule has 0 radical (unpaired) electrons. The van der Waals surface area contributed by atoms with Crippen molar-refractivity contribution < 1.29 is 9.90 Å². The van der Waals surface area contributed by atoms with Gasteiger partial charge in [0.2, 0.25) is 0 Å². The molecule has 0 saturated carbocycles. The molecule has 0 aromatic heterocycles. The van der Waals surface area contributed by atoms with E-state index in [1.54, 1.807) is 0 Å². The predicted molar refractivity (Wildman–Crippen MR) is 85.8 cm³/mol. The van der Waals surface area contributed by atoms with Crippen molar-refractivity contribution >= 4 is 11.6 Å². The van der Waals surface area contributed by atoms with Gasteiger partial charge in [0, 0.05) is 31.4 Å². The van der Waals surface area contributed by atoms with Gasteiger partial charge >= 0.3 is 0 Å². The van der Waals surface area contributed by atoms with E-state index in [0.717, 1.165) is 29.9 Å². The van der Waals surface area contributed by atoms with E-state index >= 15 is 0 Å². The van der Waals surface area contributed by atoms with E-state index in [-0.39, 0.29) is 24.5 Å². The molecule has 2 rings (SSSR count). The Hall–Kier alpha value is -1.55. The smallest absolute Gasteiger partial charge is 0.253 e. The van der Waals surface area contributed by atoms with Crippen LogP contribution in [-0.2, 0) is 0 Å². The fourth-order valence-electron chi connectivity index (χ4n) is 2.65. The molecule has 1 aliphatic rings. The second kappa shape index (κ2) is 6.94. The van der Waals surface area contributed by atoms with Crippen molar-refractivity contribution in [3.63, 3.8) is 0 Å². The topological polar surface area (TPSA) is 52.6 Å². The maximum absolute atomic E-state index is 12.6. The number of anilines is 1. The van der Waals surface area contributed by atoms with Gasteiger partial charge in [-0.05, 0) is 44.7 Å². The van der Waals surface area contributed by atoms with Crippen LogP contribution in [0, 0.1) is 12.8 Å². The van der Waals surface area contributed by atoms with Gasteiger partial charge in [0.25, 0.3) is 5.91 Å². The quantitative estimate of drug-likeness (QED) is 0.875. The van der Waals surface area contributed by atoms with E-state index in [1.165, 1.54) is 12.8 Å². The van der Waals surface area contributed by atoms with Gasteiger partial charge in [0.15, 0.2) is 0 Å². The Morgan fingerprint density at radius 2 is 2.00 bits per heavy atom. The average molecular weight is 290 g/mol. The first kappa shape index (κ1) is 15.8. The largest absolute Gasteiger partial charge is 0.396 e. The minimum atomic E-state index is -0.0478. The second-order valence-corrected chi connectivity index (χ2v) is 6.14. The molecular formula is C17H26N2O2. The number of nitrogens with one attached hydrogen (secondary N) is 1. The molecule has 2 N–H and O–H groups in total. The number of benzene rings is 1. The molecule has 1 saturated heterocycles. The van der Waals surface area contributed by atoms with E-state index in [4.69, 9.17) is 0 Å². The van der Waals surface area contributed by atoms with Crippen LogP contribution >= 0.6 is 0 Å². The number of aliphatic hydroxyl groups excluding tert-OH is 1. The molecule has 1 aromatic rings. The summed E-state index contributed by atoms with van der Waals surface area (Å²) in [7, 11) is 0. The first-order chi connectivity index (χ1) is 10.0. The maximum atomic E-state index is 12.6. The molecule has 4 heteroatoms. The van der Waals surface area contributed by atoms with Crippen molar-refractivity contribution in [2.45, 2.75) is 39.7 Å². The van der Waals surface area contributed by atoms with E-state index in [9.17, 15) is 9.90 Å². The summed E-state index contributed by atoms with van der Waals surface area (Å²) in [5.41, 5.74) is 2.86. The molecule has 1 amide bonds. The highest BCUT2D eigenvalue weighted by molar-refractivity contribution is 6.00. The Kier molecular flexibility index (Phi) is 5.23. The summed E-state index contributed by atoms with van der Waals surface area (Å²) in [6, 6.07) is 6.02. The lowest BCUT2D eigenvalue weighted by atomic mass is 10.0. The van der Waals surface area contributed by atoms with Gasteiger partial charge in [-0.2, -0.15) is 0 Å². The van der Waals surface area contributed by atoms with Crippen LogP contribution in [0.15, 0.2) is 18.2 Å². The normalized spacial score (nSPS) is 17.6. The molecule has 0 spiro atoms. The number of hydrogen-bond acceptors (Lipinski definition) is 3. The number of amides is 1. The summed E-state index contributed by atoms with van der Waals surface area (Å²) in [5.74, 6) is 0.00222. The number of aliphatic hydroxyl groups is 1. The Balaban J connectivity index is 2.20. The van der Waals surface area contributed by atoms with E-state index in [0.29, 0.717) is 0 Å². The van der Waals surface area contributed by atoms with Crippen LogP contribution in [-0.4, -0.2) is 36.8 Å². The van der Waals surface area contributed by atoms with E-state index in [2.05, 4.69) is 22.3 Å². The summed E-state index contributed by atoms with van der Waals surface area (Å²) in [4.78, 5) is 14.9. The van der Waals surface area contributed by atoms with Crippen molar-refractivity contribution in [2.24, 2.45) is 5.92 Å². The molecule has 2 unspecified atom stereocenters. The summed E-state index contributed by atoms with van der Waals surface area (Å²) >= 11 is 0. The van der Waals surface area contributed by atoms with Gasteiger partial charge in [-0.1, -0.05) is 18.6 Å². The van der Waals surface area contributed by atoms with Crippen molar-refractivity contribution in [2.75, 3.05) is 24.6 Å². The van der Waals surface area contributed by atoms with Crippen molar-refractivity contribution in [3.8, 4) is 0 Å². The predicted octanol–water partition coefficient (Wildman–Crippen LogP) is 2.34. The molecule has 21 heavy (non-hydrogen) atoms. The summed E-state index contributed by atoms with van der Waals surface area (Å²) in [6.07, 6.45) is 2.37. The van der Waals surface area contributed by atoms with Crippen LogP contribution in [0.25, 0.3) is 0 Å². The minimum Gasteiger partial charge on any atom is -0.396 e. The van der Waals surface area contributed by atoms with Crippen LogP contribution in [0.4, 0.5) is 5.69 Å². The van der Waals surface area contributed by atoms with Crippen molar-refractivity contribution in [1.82, 2.24) is 5.32 Å². The lowest BCUT2D eigenvalue weighted by molar-refractivity contribution is 0.0916. The van der Waals surface area contributed by atoms with Gasteiger partial charge in [-0.15, -0.1) is 0 Å². The Labute approximate surface area is 127 Å². The molecule has 116 valence electrons. The molecule has 0 aliphatic carbocycles.